The van der Waals surface area contributed by atoms with Gasteiger partial charge in [0.25, 0.3) is 0 Å². The van der Waals surface area contributed by atoms with Gasteiger partial charge in [-0.3, -0.25) is 4.79 Å². The molecule has 0 aliphatic heterocycles. The van der Waals surface area contributed by atoms with E-state index >= 15 is 0 Å². The van der Waals surface area contributed by atoms with Crippen LogP contribution in [0.2, 0.25) is 0 Å². The van der Waals surface area contributed by atoms with E-state index in [1.165, 1.54) is 24.0 Å². The molecular formula is C18H26N2O. The van der Waals surface area contributed by atoms with Crippen LogP contribution in [0, 0.1) is 12.8 Å². The van der Waals surface area contributed by atoms with E-state index < -0.39 is 0 Å². The minimum Gasteiger partial charge on any atom is -0.369 e. The van der Waals surface area contributed by atoms with Crippen molar-refractivity contribution in [3.63, 3.8) is 0 Å². The maximum Gasteiger partial charge on any atom is 0.220 e. The van der Waals surface area contributed by atoms with Crippen molar-refractivity contribution in [3.8, 4) is 0 Å². The van der Waals surface area contributed by atoms with Crippen molar-refractivity contribution in [2.45, 2.75) is 63.5 Å². The van der Waals surface area contributed by atoms with Gasteiger partial charge >= 0.3 is 0 Å². The van der Waals surface area contributed by atoms with Crippen LogP contribution in [0.15, 0.2) is 24.3 Å². The third-order valence-corrected chi connectivity index (χ3v) is 5.25. The first-order valence-electron chi connectivity index (χ1n) is 8.23. The number of carbonyl (C=O) groups excluding carboxylic acids is 1. The number of rotatable bonds is 4. The molecule has 2 aliphatic carbocycles. The Bertz CT molecular complexity index is 500. The van der Waals surface area contributed by atoms with Crippen LogP contribution in [0.25, 0.3) is 0 Å². The second-order valence-electron chi connectivity index (χ2n) is 6.90. The molecule has 114 valence electrons. The van der Waals surface area contributed by atoms with Crippen molar-refractivity contribution in [1.82, 2.24) is 5.32 Å². The zero-order chi connectivity index (χ0) is 14.8. The van der Waals surface area contributed by atoms with Gasteiger partial charge < -0.3 is 11.1 Å². The number of nitrogens with one attached hydrogen (secondary N) is 1. The molecule has 0 unspecified atom stereocenters. The third kappa shape index (κ3) is 3.46. The Morgan fingerprint density at radius 1 is 1.14 bits per heavy atom. The molecule has 3 rings (SSSR count). The van der Waals surface area contributed by atoms with E-state index in [0.29, 0.717) is 12.1 Å². The Hall–Kier alpha value is -1.35. The van der Waals surface area contributed by atoms with E-state index in [-0.39, 0.29) is 11.8 Å². The molecule has 3 heteroatoms. The van der Waals surface area contributed by atoms with E-state index in [4.69, 9.17) is 5.73 Å². The Kier molecular flexibility index (Phi) is 4.29. The Morgan fingerprint density at radius 2 is 1.86 bits per heavy atom. The molecule has 0 heterocycles. The van der Waals surface area contributed by atoms with Crippen molar-refractivity contribution in [2.75, 3.05) is 0 Å². The summed E-state index contributed by atoms with van der Waals surface area (Å²) in [5.74, 6) is 0.727. The number of amides is 1. The van der Waals surface area contributed by atoms with E-state index in [2.05, 4.69) is 36.5 Å². The fraction of sp³-hybridized carbons (Fsp3) is 0.611. The molecule has 3 N–H and O–H groups in total. The van der Waals surface area contributed by atoms with Gasteiger partial charge in [0.15, 0.2) is 0 Å². The van der Waals surface area contributed by atoms with Gasteiger partial charge in [-0.15, -0.1) is 0 Å². The SMILES string of the molecule is Cc1cccc(C2CC(NC3CCC(C(N)=O)CC3)C2)c1. The van der Waals surface area contributed by atoms with Crippen LogP contribution in [-0.4, -0.2) is 18.0 Å². The summed E-state index contributed by atoms with van der Waals surface area (Å²) in [6.07, 6.45) is 6.61. The van der Waals surface area contributed by atoms with E-state index in [1.807, 2.05) is 0 Å². The number of hydrogen-bond donors (Lipinski definition) is 2. The van der Waals surface area contributed by atoms with Gasteiger partial charge in [-0.05, 0) is 56.9 Å². The molecule has 3 nitrogen and oxygen atoms in total. The van der Waals surface area contributed by atoms with Crippen molar-refractivity contribution in [2.24, 2.45) is 11.7 Å². The molecule has 0 atom stereocenters. The maximum absolute atomic E-state index is 11.2. The number of aryl methyl sites for hydroxylation is 1. The van der Waals surface area contributed by atoms with Crippen LogP contribution in [0.3, 0.4) is 0 Å². The second-order valence-corrected chi connectivity index (χ2v) is 6.90. The fourth-order valence-electron chi connectivity index (χ4n) is 3.83. The van der Waals surface area contributed by atoms with Gasteiger partial charge in [0, 0.05) is 18.0 Å². The van der Waals surface area contributed by atoms with Crippen LogP contribution in [0.4, 0.5) is 0 Å². The average Bonchev–Trinajstić information content (AvgIpc) is 2.43. The zero-order valence-electron chi connectivity index (χ0n) is 12.8. The molecule has 1 amide bonds. The Labute approximate surface area is 127 Å². The summed E-state index contributed by atoms with van der Waals surface area (Å²) in [5, 5.41) is 3.78. The predicted octanol–water partition coefficient (Wildman–Crippen LogP) is 2.87. The molecule has 0 radical (unpaired) electrons. The van der Waals surface area contributed by atoms with Crippen molar-refractivity contribution in [3.05, 3.63) is 35.4 Å². The third-order valence-electron chi connectivity index (χ3n) is 5.25. The highest BCUT2D eigenvalue weighted by Crippen LogP contribution is 2.38. The van der Waals surface area contributed by atoms with Gasteiger partial charge in [-0.25, -0.2) is 0 Å². The fourth-order valence-corrected chi connectivity index (χ4v) is 3.83. The summed E-state index contributed by atoms with van der Waals surface area (Å²) in [5.41, 5.74) is 8.23. The average molecular weight is 286 g/mol. The van der Waals surface area contributed by atoms with Crippen molar-refractivity contribution in [1.29, 1.82) is 0 Å². The topological polar surface area (TPSA) is 55.1 Å². The molecule has 0 saturated heterocycles. The molecule has 0 aromatic heterocycles. The summed E-state index contributed by atoms with van der Waals surface area (Å²) in [6, 6.07) is 10.1. The second kappa shape index (κ2) is 6.18. The number of hydrogen-bond acceptors (Lipinski definition) is 2. The highest BCUT2D eigenvalue weighted by atomic mass is 16.1. The maximum atomic E-state index is 11.2. The summed E-state index contributed by atoms with van der Waals surface area (Å²) < 4.78 is 0. The summed E-state index contributed by atoms with van der Waals surface area (Å²) in [6.45, 7) is 2.16. The lowest BCUT2D eigenvalue weighted by atomic mass is 9.74. The highest BCUT2D eigenvalue weighted by molar-refractivity contribution is 5.76. The molecule has 2 fully saturated rings. The number of carbonyl (C=O) groups is 1. The number of nitrogens with two attached hydrogens (primary N) is 1. The number of benzene rings is 1. The molecule has 2 saturated carbocycles. The van der Waals surface area contributed by atoms with Gasteiger partial charge in [-0.1, -0.05) is 29.8 Å². The lowest BCUT2D eigenvalue weighted by molar-refractivity contribution is -0.122. The summed E-state index contributed by atoms with van der Waals surface area (Å²) in [7, 11) is 0. The highest BCUT2D eigenvalue weighted by Gasteiger charge is 2.33. The van der Waals surface area contributed by atoms with Crippen LogP contribution in [-0.2, 0) is 4.79 Å². The lowest BCUT2D eigenvalue weighted by Gasteiger charge is -2.40. The smallest absolute Gasteiger partial charge is 0.220 e. The first-order valence-corrected chi connectivity index (χ1v) is 8.23. The summed E-state index contributed by atoms with van der Waals surface area (Å²) >= 11 is 0. The van der Waals surface area contributed by atoms with Crippen LogP contribution < -0.4 is 11.1 Å². The van der Waals surface area contributed by atoms with Crippen LogP contribution in [0.5, 0.6) is 0 Å². The summed E-state index contributed by atoms with van der Waals surface area (Å²) in [4.78, 5) is 11.2. The number of primary amides is 1. The normalized spacial score (nSPS) is 32.4. The monoisotopic (exact) mass is 286 g/mol. The quantitative estimate of drug-likeness (QED) is 0.894. The van der Waals surface area contributed by atoms with Gasteiger partial charge in [-0.2, -0.15) is 0 Å². The minimum absolute atomic E-state index is 0.114. The van der Waals surface area contributed by atoms with E-state index in [1.54, 1.807) is 0 Å². The van der Waals surface area contributed by atoms with Crippen molar-refractivity contribution >= 4 is 5.91 Å². The molecule has 1 aromatic rings. The zero-order valence-corrected chi connectivity index (χ0v) is 12.8. The first-order chi connectivity index (χ1) is 10.1. The minimum atomic E-state index is -0.114. The molecule has 21 heavy (non-hydrogen) atoms. The molecular weight excluding hydrogens is 260 g/mol. The van der Waals surface area contributed by atoms with Crippen LogP contribution >= 0.6 is 0 Å². The molecule has 0 bridgehead atoms. The Morgan fingerprint density at radius 3 is 2.48 bits per heavy atom. The van der Waals surface area contributed by atoms with Crippen LogP contribution in [0.1, 0.15) is 55.6 Å². The molecule has 2 aliphatic rings. The molecule has 0 spiro atoms. The van der Waals surface area contributed by atoms with Gasteiger partial charge in [0.1, 0.15) is 0 Å². The largest absolute Gasteiger partial charge is 0.369 e. The van der Waals surface area contributed by atoms with Crippen molar-refractivity contribution < 1.29 is 4.79 Å². The van der Waals surface area contributed by atoms with Gasteiger partial charge in [0.2, 0.25) is 5.91 Å². The lowest BCUT2D eigenvalue weighted by Crippen LogP contribution is -2.47. The van der Waals surface area contributed by atoms with E-state index in [9.17, 15) is 4.79 Å². The first kappa shape index (κ1) is 14.6. The Balaban J connectivity index is 1.42. The van der Waals surface area contributed by atoms with E-state index in [0.717, 1.165) is 31.6 Å². The predicted molar refractivity (Wildman–Crippen MR) is 85.0 cm³/mol. The standard InChI is InChI=1S/C18H26N2O/c1-12-3-2-4-14(9-12)15-10-17(11-15)20-16-7-5-13(6-8-16)18(19)21/h2-4,9,13,15-17,20H,5-8,10-11H2,1H3,(H2,19,21). The van der Waals surface area contributed by atoms with Gasteiger partial charge in [0.05, 0.1) is 0 Å². The molecule has 1 aromatic carbocycles.